The van der Waals surface area contributed by atoms with Crippen molar-refractivity contribution in [2.24, 2.45) is 0 Å². The maximum Gasteiger partial charge on any atom is 0.271 e. The number of piperazine rings is 1. The Labute approximate surface area is 180 Å². The van der Waals surface area contributed by atoms with Crippen molar-refractivity contribution in [3.8, 4) is 0 Å². The Morgan fingerprint density at radius 3 is 2.00 bits per heavy atom. The van der Waals surface area contributed by atoms with Crippen molar-refractivity contribution in [2.45, 2.75) is 27.7 Å². The largest absolute Gasteiger partial charge is 0.376 e. The summed E-state index contributed by atoms with van der Waals surface area (Å²) in [5.74, 6) is 0.0433. The molecule has 3 rings (SSSR count). The van der Waals surface area contributed by atoms with E-state index in [0.29, 0.717) is 31.7 Å². The smallest absolute Gasteiger partial charge is 0.271 e. The zero-order valence-electron chi connectivity index (χ0n) is 19.0. The quantitative estimate of drug-likeness (QED) is 0.537. The second kappa shape index (κ2) is 12.5. The predicted octanol–water partition coefficient (Wildman–Crippen LogP) is 4.68. The molecule has 0 saturated carbocycles. The molecule has 0 aliphatic carbocycles. The normalized spacial score (nSPS) is 12.7. The summed E-state index contributed by atoms with van der Waals surface area (Å²) >= 11 is 0. The van der Waals surface area contributed by atoms with E-state index in [0.717, 1.165) is 11.4 Å². The van der Waals surface area contributed by atoms with Crippen LogP contribution in [0.15, 0.2) is 48.5 Å². The van der Waals surface area contributed by atoms with Crippen LogP contribution in [0.2, 0.25) is 0 Å². The predicted molar refractivity (Wildman–Crippen MR) is 125 cm³/mol. The van der Waals surface area contributed by atoms with Gasteiger partial charge in [-0.2, -0.15) is 0 Å². The first-order valence-electron chi connectivity index (χ1n) is 10.5. The van der Waals surface area contributed by atoms with Crippen LogP contribution in [-0.4, -0.2) is 56.0 Å². The van der Waals surface area contributed by atoms with Crippen molar-refractivity contribution in [1.29, 1.82) is 0 Å². The van der Waals surface area contributed by atoms with Crippen molar-refractivity contribution in [3.05, 3.63) is 64.2 Å². The molecule has 1 saturated heterocycles. The van der Waals surface area contributed by atoms with Crippen molar-refractivity contribution in [2.75, 3.05) is 50.1 Å². The first-order valence-corrected chi connectivity index (χ1v) is 10.5. The van der Waals surface area contributed by atoms with Gasteiger partial charge in [0.1, 0.15) is 0 Å². The molecule has 1 aliphatic rings. The zero-order valence-corrected chi connectivity index (χ0v) is 19.0. The first-order chi connectivity index (χ1) is 14.5. The van der Waals surface area contributed by atoms with Crippen LogP contribution < -0.4 is 9.80 Å². The summed E-state index contributed by atoms with van der Waals surface area (Å²) in [5.41, 5.74) is 2.54. The summed E-state index contributed by atoms with van der Waals surface area (Å²) < 4.78 is 0. The van der Waals surface area contributed by atoms with Crippen LogP contribution in [0.25, 0.3) is 0 Å². The monoisotopic (exact) mass is 414 g/mol. The second-order valence-corrected chi connectivity index (χ2v) is 6.47. The van der Waals surface area contributed by atoms with Crippen LogP contribution in [0.3, 0.4) is 0 Å². The molecule has 2 aromatic carbocycles. The number of amides is 1. The number of carbonyl (C=O) groups excluding carboxylic acids is 1. The molecule has 0 aromatic heterocycles. The third-order valence-electron chi connectivity index (χ3n) is 4.58. The summed E-state index contributed by atoms with van der Waals surface area (Å²) in [7, 11) is 3.75. The average Bonchev–Trinajstić information content (AvgIpc) is 2.81. The Balaban J connectivity index is 0.00000106. The summed E-state index contributed by atoms with van der Waals surface area (Å²) in [5, 5.41) is 11.0. The minimum absolute atomic E-state index is 0.0433. The number of nitro benzene ring substituents is 1. The number of nitrogens with zero attached hydrogens (tertiary/aromatic N) is 4. The van der Waals surface area contributed by atoms with E-state index in [-0.39, 0.29) is 16.5 Å². The Morgan fingerprint density at radius 1 is 0.933 bits per heavy atom. The molecule has 164 valence electrons. The minimum atomic E-state index is -0.382. The highest BCUT2D eigenvalue weighted by atomic mass is 16.6. The van der Waals surface area contributed by atoms with Crippen molar-refractivity contribution in [3.63, 3.8) is 0 Å². The standard InChI is InChI=1S/C19H22N4O3.2C2H6/c1-20(2)18-14-16(23(25)26)8-9-17(18)21-10-12-22(13-11-21)19(24)15-6-4-3-5-7-15;2*1-2/h3-9,14H,10-13H2,1-2H3;2*1-2H3. The fourth-order valence-electron chi connectivity index (χ4n) is 3.16. The van der Waals surface area contributed by atoms with E-state index in [1.165, 1.54) is 6.07 Å². The molecule has 0 spiro atoms. The highest BCUT2D eigenvalue weighted by Crippen LogP contribution is 2.32. The molecule has 30 heavy (non-hydrogen) atoms. The number of anilines is 2. The van der Waals surface area contributed by atoms with Gasteiger partial charge in [0.2, 0.25) is 0 Å². The third-order valence-corrected chi connectivity index (χ3v) is 4.58. The van der Waals surface area contributed by atoms with E-state index in [2.05, 4.69) is 4.90 Å². The molecule has 1 fully saturated rings. The molecular weight excluding hydrogens is 380 g/mol. The number of non-ortho nitro benzene ring substituents is 1. The zero-order chi connectivity index (χ0) is 22.7. The molecule has 0 unspecified atom stereocenters. The lowest BCUT2D eigenvalue weighted by Gasteiger charge is -2.37. The van der Waals surface area contributed by atoms with Gasteiger partial charge in [0, 0.05) is 58.0 Å². The Kier molecular flexibility index (Phi) is 10.4. The lowest BCUT2D eigenvalue weighted by atomic mass is 10.1. The number of benzene rings is 2. The topological polar surface area (TPSA) is 69.9 Å². The lowest BCUT2D eigenvalue weighted by Crippen LogP contribution is -2.49. The molecule has 2 aromatic rings. The van der Waals surface area contributed by atoms with E-state index in [4.69, 9.17) is 0 Å². The minimum Gasteiger partial charge on any atom is -0.376 e. The highest BCUT2D eigenvalue weighted by Gasteiger charge is 2.24. The summed E-state index contributed by atoms with van der Waals surface area (Å²) in [6.07, 6.45) is 0. The SMILES string of the molecule is CC.CC.CN(C)c1cc([N+](=O)[O-])ccc1N1CCN(C(=O)c2ccccc2)CC1. The molecule has 0 N–H and O–H groups in total. The fourth-order valence-corrected chi connectivity index (χ4v) is 3.16. The van der Waals surface area contributed by atoms with Crippen molar-refractivity contribution in [1.82, 2.24) is 4.90 Å². The number of hydrogen-bond acceptors (Lipinski definition) is 5. The molecule has 1 heterocycles. The van der Waals surface area contributed by atoms with E-state index in [1.54, 1.807) is 12.1 Å². The van der Waals surface area contributed by atoms with Gasteiger partial charge in [0.05, 0.1) is 16.3 Å². The summed E-state index contributed by atoms with van der Waals surface area (Å²) in [6, 6.07) is 14.2. The maximum atomic E-state index is 12.6. The third kappa shape index (κ3) is 6.20. The Morgan fingerprint density at radius 2 is 1.50 bits per heavy atom. The van der Waals surface area contributed by atoms with Gasteiger partial charge in [-0.3, -0.25) is 14.9 Å². The highest BCUT2D eigenvalue weighted by molar-refractivity contribution is 5.94. The second-order valence-electron chi connectivity index (χ2n) is 6.47. The molecule has 0 atom stereocenters. The van der Waals surface area contributed by atoms with Crippen LogP contribution in [0.5, 0.6) is 0 Å². The molecular formula is C23H34N4O3. The summed E-state index contributed by atoms with van der Waals surface area (Å²) in [6.45, 7) is 10.6. The van der Waals surface area contributed by atoms with Crippen LogP contribution in [-0.2, 0) is 0 Å². The Hall–Kier alpha value is -3.09. The van der Waals surface area contributed by atoms with Crippen molar-refractivity contribution < 1.29 is 9.72 Å². The van der Waals surface area contributed by atoms with Crippen LogP contribution in [0.4, 0.5) is 17.1 Å². The number of rotatable bonds is 4. The Bertz CT molecular complexity index is 801. The van der Waals surface area contributed by atoms with E-state index in [1.807, 2.05) is 81.9 Å². The number of nitro groups is 1. The van der Waals surface area contributed by atoms with Crippen molar-refractivity contribution >= 4 is 23.0 Å². The van der Waals surface area contributed by atoms with Crippen LogP contribution in [0.1, 0.15) is 38.1 Å². The van der Waals surface area contributed by atoms with E-state index in [9.17, 15) is 14.9 Å². The van der Waals surface area contributed by atoms with Gasteiger partial charge in [-0.05, 0) is 18.2 Å². The van der Waals surface area contributed by atoms with E-state index >= 15 is 0 Å². The molecule has 1 amide bonds. The number of hydrogen-bond donors (Lipinski definition) is 0. The molecule has 7 nitrogen and oxygen atoms in total. The first kappa shape index (κ1) is 24.9. The van der Waals surface area contributed by atoms with Crippen LogP contribution in [0, 0.1) is 10.1 Å². The van der Waals surface area contributed by atoms with Gasteiger partial charge >= 0.3 is 0 Å². The molecule has 7 heteroatoms. The van der Waals surface area contributed by atoms with E-state index < -0.39 is 0 Å². The number of carbonyl (C=O) groups is 1. The lowest BCUT2D eigenvalue weighted by molar-refractivity contribution is -0.384. The van der Waals surface area contributed by atoms with Gasteiger partial charge < -0.3 is 14.7 Å². The average molecular weight is 415 g/mol. The maximum absolute atomic E-state index is 12.6. The fraction of sp³-hybridized carbons (Fsp3) is 0.435. The molecule has 0 bridgehead atoms. The summed E-state index contributed by atoms with van der Waals surface area (Å²) in [4.78, 5) is 29.1. The van der Waals surface area contributed by atoms with Gasteiger partial charge in [-0.25, -0.2) is 0 Å². The van der Waals surface area contributed by atoms with Crippen LogP contribution >= 0.6 is 0 Å². The van der Waals surface area contributed by atoms with Gasteiger partial charge in [-0.1, -0.05) is 45.9 Å². The van der Waals surface area contributed by atoms with Gasteiger partial charge in [0.25, 0.3) is 11.6 Å². The van der Waals surface area contributed by atoms with Gasteiger partial charge in [0.15, 0.2) is 0 Å². The molecule has 0 radical (unpaired) electrons. The molecule has 1 aliphatic heterocycles. The van der Waals surface area contributed by atoms with Gasteiger partial charge in [-0.15, -0.1) is 0 Å².